The van der Waals surface area contributed by atoms with Gasteiger partial charge in [0.15, 0.2) is 0 Å². The van der Waals surface area contributed by atoms with E-state index in [1.165, 1.54) is 22.9 Å². The van der Waals surface area contributed by atoms with E-state index < -0.39 is 0 Å². The molecule has 1 aliphatic carbocycles. The van der Waals surface area contributed by atoms with Crippen molar-refractivity contribution < 1.29 is 9.53 Å². The van der Waals surface area contributed by atoms with Gasteiger partial charge in [0.25, 0.3) is 0 Å². The van der Waals surface area contributed by atoms with Crippen molar-refractivity contribution in [1.82, 2.24) is 4.90 Å². The molecule has 0 aromatic heterocycles. The third-order valence-electron chi connectivity index (χ3n) is 4.58. The molecule has 1 saturated carbocycles. The van der Waals surface area contributed by atoms with Gasteiger partial charge in [0.2, 0.25) is 0 Å². The zero-order chi connectivity index (χ0) is 14.9. The van der Waals surface area contributed by atoms with Gasteiger partial charge in [0.1, 0.15) is 0 Å². The lowest BCUT2D eigenvalue weighted by atomic mass is 9.87. The third-order valence-corrected chi connectivity index (χ3v) is 5.07. The number of carbonyl (C=O) groups is 1. The van der Waals surface area contributed by atoms with E-state index in [0.717, 1.165) is 26.1 Å². The quantitative estimate of drug-likeness (QED) is 0.758. The molecule has 0 bridgehead atoms. The number of nitrogens with zero attached hydrogens (tertiary/aromatic N) is 1. The smallest absolute Gasteiger partial charge is 0.305 e. The minimum absolute atomic E-state index is 0.0695. The molecule has 3 rings (SSSR count). The monoisotopic (exact) mass is 351 g/mol. The molecule has 3 nitrogen and oxygen atoms in total. The summed E-state index contributed by atoms with van der Waals surface area (Å²) in [6.45, 7) is 5.46. The Kier molecular flexibility index (Phi) is 4.36. The van der Waals surface area contributed by atoms with Crippen molar-refractivity contribution in [3.8, 4) is 0 Å². The number of halogens is 1. The maximum Gasteiger partial charge on any atom is 0.305 e. The lowest BCUT2D eigenvalue weighted by Gasteiger charge is -2.35. The Morgan fingerprint density at radius 1 is 1.43 bits per heavy atom. The fourth-order valence-corrected chi connectivity index (χ4v) is 3.77. The van der Waals surface area contributed by atoms with Gasteiger partial charge < -0.3 is 4.74 Å². The Balaban J connectivity index is 1.60. The maximum atomic E-state index is 11.4. The number of rotatable bonds is 5. The first-order chi connectivity index (χ1) is 10.1. The molecule has 1 heterocycles. The summed E-state index contributed by atoms with van der Waals surface area (Å²) in [5, 5.41) is 0. The largest absolute Gasteiger partial charge is 0.466 e. The van der Waals surface area contributed by atoms with Gasteiger partial charge in [0, 0.05) is 29.4 Å². The summed E-state index contributed by atoms with van der Waals surface area (Å²) in [6.07, 6.45) is 4.01. The third kappa shape index (κ3) is 3.32. The maximum absolute atomic E-state index is 11.4. The van der Waals surface area contributed by atoms with Crippen molar-refractivity contribution in [2.45, 2.75) is 44.6 Å². The average molecular weight is 352 g/mol. The van der Waals surface area contributed by atoms with Crippen LogP contribution in [-0.4, -0.2) is 30.6 Å². The summed E-state index contributed by atoms with van der Waals surface area (Å²) in [5.41, 5.74) is 3.39. The molecule has 1 spiro atoms. The van der Waals surface area contributed by atoms with Crippen LogP contribution in [0.2, 0.25) is 0 Å². The SMILES string of the molecule is CCOC(=O)CCCN1Cc2ccc(Br)cc2C2(CC2)C1. The second kappa shape index (κ2) is 6.09. The molecule has 1 aromatic rings. The molecule has 4 heteroatoms. The van der Waals surface area contributed by atoms with E-state index in [1.54, 1.807) is 5.56 Å². The minimum atomic E-state index is -0.0695. The molecule has 0 radical (unpaired) electrons. The molecule has 1 aromatic carbocycles. The summed E-state index contributed by atoms with van der Waals surface area (Å²) in [5.74, 6) is -0.0695. The van der Waals surface area contributed by atoms with Crippen LogP contribution >= 0.6 is 15.9 Å². The number of benzene rings is 1. The Morgan fingerprint density at radius 3 is 2.95 bits per heavy atom. The molecule has 21 heavy (non-hydrogen) atoms. The van der Waals surface area contributed by atoms with Crippen LogP contribution in [0, 0.1) is 0 Å². The second-order valence-electron chi connectivity index (χ2n) is 6.20. The van der Waals surface area contributed by atoms with Crippen LogP contribution in [0.3, 0.4) is 0 Å². The van der Waals surface area contributed by atoms with Gasteiger partial charge >= 0.3 is 5.97 Å². The van der Waals surface area contributed by atoms with Crippen molar-refractivity contribution in [2.24, 2.45) is 0 Å². The van der Waals surface area contributed by atoms with Crippen LogP contribution in [0.1, 0.15) is 43.7 Å². The van der Waals surface area contributed by atoms with Gasteiger partial charge in [-0.15, -0.1) is 0 Å². The van der Waals surface area contributed by atoms with Gasteiger partial charge in [-0.1, -0.05) is 22.0 Å². The summed E-state index contributed by atoms with van der Waals surface area (Å²) in [7, 11) is 0. The van der Waals surface area contributed by atoms with Crippen molar-refractivity contribution >= 4 is 21.9 Å². The Labute approximate surface area is 134 Å². The highest BCUT2D eigenvalue weighted by Crippen LogP contribution is 2.52. The number of fused-ring (bicyclic) bond motifs is 2. The van der Waals surface area contributed by atoms with Crippen LogP contribution in [0.25, 0.3) is 0 Å². The highest BCUT2D eigenvalue weighted by atomic mass is 79.9. The molecule has 0 N–H and O–H groups in total. The van der Waals surface area contributed by atoms with Crippen LogP contribution in [-0.2, 0) is 21.5 Å². The van der Waals surface area contributed by atoms with E-state index in [2.05, 4.69) is 39.0 Å². The van der Waals surface area contributed by atoms with Crippen molar-refractivity contribution in [1.29, 1.82) is 0 Å². The van der Waals surface area contributed by atoms with Gasteiger partial charge in [-0.3, -0.25) is 9.69 Å². The number of esters is 1. The molecule has 0 saturated heterocycles. The molecule has 0 amide bonds. The molecular formula is C17H22BrNO2. The van der Waals surface area contributed by atoms with Crippen LogP contribution < -0.4 is 0 Å². The molecule has 1 fully saturated rings. The van der Waals surface area contributed by atoms with Crippen molar-refractivity contribution in [3.05, 3.63) is 33.8 Å². The summed E-state index contributed by atoms with van der Waals surface area (Å²) >= 11 is 3.59. The molecular weight excluding hydrogens is 330 g/mol. The fourth-order valence-electron chi connectivity index (χ4n) is 3.41. The lowest BCUT2D eigenvalue weighted by molar-refractivity contribution is -0.143. The van der Waals surface area contributed by atoms with Crippen molar-refractivity contribution in [3.63, 3.8) is 0 Å². The predicted molar refractivity (Wildman–Crippen MR) is 86.2 cm³/mol. The lowest BCUT2D eigenvalue weighted by Crippen LogP contribution is -2.38. The fraction of sp³-hybridized carbons (Fsp3) is 0.588. The van der Waals surface area contributed by atoms with E-state index in [1.807, 2.05) is 6.92 Å². The molecule has 1 aliphatic heterocycles. The highest BCUT2D eigenvalue weighted by molar-refractivity contribution is 9.10. The first kappa shape index (κ1) is 15.0. The number of ether oxygens (including phenoxy) is 1. The normalized spacial score (nSPS) is 19.3. The van der Waals surface area contributed by atoms with Crippen molar-refractivity contribution in [2.75, 3.05) is 19.7 Å². The Bertz CT molecular complexity index is 540. The second-order valence-corrected chi connectivity index (χ2v) is 7.12. The molecule has 114 valence electrons. The van der Waals surface area contributed by atoms with E-state index in [9.17, 15) is 4.79 Å². The zero-order valence-electron chi connectivity index (χ0n) is 12.5. The van der Waals surface area contributed by atoms with Gasteiger partial charge in [-0.25, -0.2) is 0 Å². The molecule has 2 aliphatic rings. The number of carbonyl (C=O) groups excluding carboxylic acids is 1. The summed E-state index contributed by atoms with van der Waals surface area (Å²) in [6, 6.07) is 6.69. The van der Waals surface area contributed by atoms with E-state index in [0.29, 0.717) is 18.4 Å². The van der Waals surface area contributed by atoms with E-state index in [4.69, 9.17) is 4.74 Å². The van der Waals surface area contributed by atoms with Gasteiger partial charge in [0.05, 0.1) is 6.61 Å². The first-order valence-corrected chi connectivity index (χ1v) is 8.59. The topological polar surface area (TPSA) is 29.5 Å². The Hall–Kier alpha value is -0.870. The van der Waals surface area contributed by atoms with E-state index in [-0.39, 0.29) is 5.97 Å². The molecule has 0 unspecified atom stereocenters. The minimum Gasteiger partial charge on any atom is -0.466 e. The Morgan fingerprint density at radius 2 is 2.24 bits per heavy atom. The average Bonchev–Trinajstić information content (AvgIpc) is 3.20. The first-order valence-electron chi connectivity index (χ1n) is 7.80. The van der Waals surface area contributed by atoms with E-state index >= 15 is 0 Å². The van der Waals surface area contributed by atoms with Gasteiger partial charge in [-0.05, 0) is 56.0 Å². The number of hydrogen-bond donors (Lipinski definition) is 0. The highest BCUT2D eigenvalue weighted by Gasteiger charge is 2.48. The summed E-state index contributed by atoms with van der Waals surface area (Å²) in [4.78, 5) is 13.9. The van der Waals surface area contributed by atoms with Gasteiger partial charge in [-0.2, -0.15) is 0 Å². The molecule has 0 atom stereocenters. The summed E-state index contributed by atoms with van der Waals surface area (Å²) < 4.78 is 6.17. The zero-order valence-corrected chi connectivity index (χ0v) is 14.1. The van der Waals surface area contributed by atoms with Crippen LogP contribution in [0.15, 0.2) is 22.7 Å². The van der Waals surface area contributed by atoms with Crippen LogP contribution in [0.4, 0.5) is 0 Å². The standard InChI is InChI=1S/C17H22BrNO2/c1-2-21-16(20)4-3-9-19-11-13-5-6-14(18)10-15(13)17(12-19)7-8-17/h5-6,10H,2-4,7-9,11-12H2,1H3. The van der Waals surface area contributed by atoms with Crippen LogP contribution in [0.5, 0.6) is 0 Å². The number of hydrogen-bond acceptors (Lipinski definition) is 3. The predicted octanol–water partition coefficient (Wildman–Crippen LogP) is 3.64.